The van der Waals surface area contributed by atoms with Crippen LogP contribution in [0.25, 0.3) is 0 Å². The number of benzene rings is 2. The van der Waals surface area contributed by atoms with Crippen molar-refractivity contribution < 1.29 is 14.7 Å². The van der Waals surface area contributed by atoms with Gasteiger partial charge in [-0.15, -0.1) is 0 Å². The van der Waals surface area contributed by atoms with Gasteiger partial charge in [-0.05, 0) is 42.5 Å². The number of urea groups is 1. The number of aliphatic hydroxyl groups is 1. The Morgan fingerprint density at radius 3 is 2.36 bits per heavy atom. The predicted molar refractivity (Wildman–Crippen MR) is 126 cm³/mol. The van der Waals surface area contributed by atoms with Crippen LogP contribution in [-0.4, -0.2) is 53.1 Å². The van der Waals surface area contributed by atoms with Crippen LogP contribution >= 0.6 is 11.6 Å². The third kappa shape index (κ3) is 3.67. The normalized spacial score (nSPS) is 20.3. The Bertz CT molecular complexity index is 1180. The van der Waals surface area contributed by atoms with Crippen LogP contribution in [0.5, 0.6) is 0 Å². The van der Waals surface area contributed by atoms with E-state index in [1.165, 1.54) is 0 Å². The molecular formula is C24H22ClN5O3. The van der Waals surface area contributed by atoms with Crippen molar-refractivity contribution in [1.29, 1.82) is 0 Å². The number of fused-ring (bicyclic) bond motifs is 1. The van der Waals surface area contributed by atoms with Crippen molar-refractivity contribution in [3.05, 3.63) is 83.5 Å². The zero-order valence-corrected chi connectivity index (χ0v) is 18.4. The molecule has 1 aromatic heterocycles. The van der Waals surface area contributed by atoms with E-state index in [1.807, 2.05) is 18.2 Å². The molecule has 3 heterocycles. The van der Waals surface area contributed by atoms with Crippen LogP contribution in [0.15, 0.2) is 72.9 Å². The summed E-state index contributed by atoms with van der Waals surface area (Å²) >= 11 is 6.02. The standard InChI is InChI=1S/C24H22ClN5O3/c25-17-8-10-18(11-9-17)30-23(32)27-20-6-2-1-5-19(20)24(30,33)22(31)29-15-13-28(14-16-29)21-7-3-4-12-26-21/h1-12,33H,13-16H2,(H,27,32)/t24-/m1/s1. The molecule has 3 amide bonds. The molecule has 2 N–H and O–H groups in total. The maximum absolute atomic E-state index is 13.9. The number of nitrogens with zero attached hydrogens (tertiary/aromatic N) is 4. The van der Waals surface area contributed by atoms with E-state index in [0.717, 1.165) is 10.7 Å². The van der Waals surface area contributed by atoms with Gasteiger partial charge in [0, 0.05) is 48.6 Å². The maximum Gasteiger partial charge on any atom is 0.329 e. The fourth-order valence-corrected chi connectivity index (χ4v) is 4.47. The SMILES string of the molecule is O=C1Nc2ccccc2[C@@](O)(C(=O)N2CCN(c3ccccn3)CC2)N1c1ccc(Cl)cc1. The van der Waals surface area contributed by atoms with Crippen molar-refractivity contribution in [1.82, 2.24) is 9.88 Å². The molecule has 2 aliphatic rings. The highest BCUT2D eigenvalue weighted by Crippen LogP contribution is 2.41. The monoisotopic (exact) mass is 463 g/mol. The Morgan fingerprint density at radius 1 is 0.970 bits per heavy atom. The topological polar surface area (TPSA) is 89.0 Å². The molecule has 8 nitrogen and oxygen atoms in total. The van der Waals surface area contributed by atoms with Crippen LogP contribution < -0.4 is 15.1 Å². The largest absolute Gasteiger partial charge is 0.359 e. The molecule has 0 aliphatic carbocycles. The molecule has 0 saturated carbocycles. The molecule has 1 fully saturated rings. The van der Waals surface area contributed by atoms with Crippen LogP contribution in [0.3, 0.4) is 0 Å². The van der Waals surface area contributed by atoms with Crippen molar-refractivity contribution in [3.8, 4) is 0 Å². The lowest BCUT2D eigenvalue weighted by atomic mass is 9.94. The van der Waals surface area contributed by atoms with Crippen molar-refractivity contribution in [2.75, 3.05) is 41.3 Å². The number of para-hydroxylation sites is 1. The molecule has 5 rings (SSSR count). The van der Waals surface area contributed by atoms with Gasteiger partial charge >= 0.3 is 6.03 Å². The van der Waals surface area contributed by atoms with E-state index in [1.54, 1.807) is 59.6 Å². The summed E-state index contributed by atoms with van der Waals surface area (Å²) in [4.78, 5) is 36.1. The van der Waals surface area contributed by atoms with Gasteiger partial charge in [-0.1, -0.05) is 35.9 Å². The van der Waals surface area contributed by atoms with E-state index in [9.17, 15) is 14.7 Å². The van der Waals surface area contributed by atoms with Crippen molar-refractivity contribution >= 4 is 40.7 Å². The first-order chi connectivity index (χ1) is 16.0. The van der Waals surface area contributed by atoms with Gasteiger partial charge in [0.25, 0.3) is 11.6 Å². The number of halogens is 1. The van der Waals surface area contributed by atoms with Gasteiger partial charge < -0.3 is 20.2 Å². The van der Waals surface area contributed by atoms with E-state index in [2.05, 4.69) is 15.2 Å². The summed E-state index contributed by atoms with van der Waals surface area (Å²) < 4.78 is 0. The third-order valence-electron chi connectivity index (χ3n) is 5.99. The maximum atomic E-state index is 13.9. The average Bonchev–Trinajstić information content (AvgIpc) is 2.85. The number of nitrogens with one attached hydrogen (secondary N) is 1. The van der Waals surface area contributed by atoms with Crippen LogP contribution in [0.4, 0.5) is 22.0 Å². The lowest BCUT2D eigenvalue weighted by Gasteiger charge is -2.46. The van der Waals surface area contributed by atoms with Crippen LogP contribution in [-0.2, 0) is 10.5 Å². The predicted octanol–water partition coefficient (Wildman–Crippen LogP) is 3.28. The molecule has 0 bridgehead atoms. The smallest absolute Gasteiger partial charge is 0.329 e. The van der Waals surface area contributed by atoms with E-state index in [0.29, 0.717) is 48.1 Å². The Morgan fingerprint density at radius 2 is 1.67 bits per heavy atom. The molecule has 0 spiro atoms. The second kappa shape index (κ2) is 8.38. The Balaban J connectivity index is 1.49. The second-order valence-corrected chi connectivity index (χ2v) is 8.36. The first-order valence-corrected chi connectivity index (χ1v) is 11.0. The number of pyridine rings is 1. The van der Waals surface area contributed by atoms with Gasteiger partial charge in [-0.25, -0.2) is 9.78 Å². The van der Waals surface area contributed by atoms with Crippen LogP contribution in [0, 0.1) is 0 Å². The number of carbonyl (C=O) groups is 2. The highest BCUT2D eigenvalue weighted by molar-refractivity contribution is 6.30. The summed E-state index contributed by atoms with van der Waals surface area (Å²) in [5.74, 6) is 0.286. The molecular weight excluding hydrogens is 442 g/mol. The van der Waals surface area contributed by atoms with Gasteiger partial charge in [0.05, 0.1) is 5.69 Å². The molecule has 0 radical (unpaired) electrons. The molecule has 1 saturated heterocycles. The molecule has 33 heavy (non-hydrogen) atoms. The number of carbonyl (C=O) groups excluding carboxylic acids is 2. The number of rotatable bonds is 3. The average molecular weight is 464 g/mol. The van der Waals surface area contributed by atoms with Gasteiger partial charge in [0.15, 0.2) is 0 Å². The third-order valence-corrected chi connectivity index (χ3v) is 6.25. The number of hydrogen-bond donors (Lipinski definition) is 2. The second-order valence-electron chi connectivity index (χ2n) is 7.93. The quantitative estimate of drug-likeness (QED) is 0.622. The zero-order valence-electron chi connectivity index (χ0n) is 17.7. The summed E-state index contributed by atoms with van der Waals surface area (Å²) in [5, 5.41) is 15.2. The van der Waals surface area contributed by atoms with Crippen molar-refractivity contribution in [2.24, 2.45) is 0 Å². The molecule has 168 valence electrons. The number of piperazine rings is 1. The molecule has 9 heteroatoms. The minimum absolute atomic E-state index is 0.316. The highest BCUT2D eigenvalue weighted by Gasteiger charge is 2.53. The molecule has 1 atom stereocenters. The van der Waals surface area contributed by atoms with Gasteiger partial charge in [-0.2, -0.15) is 0 Å². The van der Waals surface area contributed by atoms with Gasteiger partial charge in [-0.3, -0.25) is 9.69 Å². The molecule has 0 unspecified atom stereocenters. The molecule has 3 aromatic rings. The van der Waals surface area contributed by atoms with E-state index >= 15 is 0 Å². The molecule has 2 aliphatic heterocycles. The van der Waals surface area contributed by atoms with Gasteiger partial charge in [0.1, 0.15) is 5.82 Å². The van der Waals surface area contributed by atoms with Crippen molar-refractivity contribution in [3.63, 3.8) is 0 Å². The minimum atomic E-state index is -2.21. The van der Waals surface area contributed by atoms with E-state index in [-0.39, 0.29) is 0 Å². The van der Waals surface area contributed by atoms with Crippen LogP contribution in [0.1, 0.15) is 5.56 Å². The number of aromatic nitrogens is 1. The van der Waals surface area contributed by atoms with Crippen LogP contribution in [0.2, 0.25) is 5.02 Å². The fourth-order valence-electron chi connectivity index (χ4n) is 4.34. The fraction of sp³-hybridized carbons (Fsp3) is 0.208. The highest BCUT2D eigenvalue weighted by atomic mass is 35.5. The summed E-state index contributed by atoms with van der Waals surface area (Å²) in [5.41, 5.74) is -1.14. The lowest BCUT2D eigenvalue weighted by Crippen LogP contribution is -2.65. The van der Waals surface area contributed by atoms with Gasteiger partial charge in [0.2, 0.25) is 0 Å². The van der Waals surface area contributed by atoms with E-state index in [4.69, 9.17) is 11.6 Å². The Kier molecular flexibility index (Phi) is 5.39. The first-order valence-electron chi connectivity index (χ1n) is 10.6. The number of anilines is 3. The lowest BCUT2D eigenvalue weighted by molar-refractivity contribution is -0.152. The minimum Gasteiger partial charge on any atom is -0.359 e. The summed E-state index contributed by atoms with van der Waals surface area (Å²) in [6.45, 7) is 1.90. The Labute approximate surface area is 196 Å². The van der Waals surface area contributed by atoms with Crippen molar-refractivity contribution in [2.45, 2.75) is 5.72 Å². The molecule has 2 aromatic carbocycles. The summed E-state index contributed by atoms with van der Waals surface area (Å²) in [6, 6.07) is 18.3. The zero-order chi connectivity index (χ0) is 23.0. The Hall–Kier alpha value is -3.62. The number of hydrogen-bond acceptors (Lipinski definition) is 5. The van der Waals surface area contributed by atoms with E-state index < -0.39 is 17.7 Å². The number of amides is 3. The summed E-state index contributed by atoms with van der Waals surface area (Å²) in [6.07, 6.45) is 1.73. The first kappa shape index (κ1) is 21.2. The summed E-state index contributed by atoms with van der Waals surface area (Å²) in [7, 11) is 0.